The van der Waals surface area contributed by atoms with Gasteiger partial charge in [-0.3, -0.25) is 9.89 Å². The first-order valence-electron chi connectivity index (χ1n) is 10.4. The summed E-state index contributed by atoms with van der Waals surface area (Å²) in [5, 5.41) is 8.69. The Labute approximate surface area is 179 Å². The number of nitrogens with one attached hydrogen (secondary N) is 2. The van der Waals surface area contributed by atoms with E-state index in [0.717, 1.165) is 31.5 Å². The number of aliphatic imine (C=N–C) groups is 1. The molecule has 2 heterocycles. The highest BCUT2D eigenvalue weighted by molar-refractivity contribution is 7.90. The summed E-state index contributed by atoms with van der Waals surface area (Å²) in [6.07, 6.45) is 3.71. The van der Waals surface area contributed by atoms with Crippen molar-refractivity contribution in [2.75, 3.05) is 57.9 Å². The smallest absolute Gasteiger partial charge is 0.191 e. The lowest BCUT2D eigenvalue weighted by molar-refractivity contribution is 0.143. The summed E-state index contributed by atoms with van der Waals surface area (Å²) < 4.78 is 27.6. The monoisotopic (exact) mass is 444 g/mol. The topological polar surface area (TPSA) is 83.0 Å². The highest BCUT2D eigenvalue weighted by Crippen LogP contribution is 2.29. The van der Waals surface area contributed by atoms with Gasteiger partial charge in [-0.15, -0.1) is 11.3 Å². The quantitative estimate of drug-likeness (QED) is 0.309. The van der Waals surface area contributed by atoms with Crippen LogP contribution in [0.5, 0.6) is 0 Å². The number of hydrogen-bond acceptors (Lipinski definition) is 6. The van der Waals surface area contributed by atoms with Crippen molar-refractivity contribution < 1.29 is 13.2 Å². The molecule has 1 atom stereocenters. The fourth-order valence-corrected chi connectivity index (χ4v) is 4.55. The molecule has 1 fully saturated rings. The Balaban J connectivity index is 1.87. The highest BCUT2D eigenvalue weighted by atomic mass is 32.2. The molecular weight excluding hydrogens is 408 g/mol. The molecule has 1 aromatic heterocycles. The number of likely N-dealkylation sites (tertiary alicyclic amines) is 1. The number of sulfone groups is 1. The molecule has 0 spiro atoms. The zero-order valence-electron chi connectivity index (χ0n) is 17.9. The minimum absolute atomic E-state index is 0.0537. The Hall–Kier alpha value is -1.16. The average molecular weight is 445 g/mol. The summed E-state index contributed by atoms with van der Waals surface area (Å²) in [5.74, 6) is 1.63. The van der Waals surface area contributed by atoms with Crippen molar-refractivity contribution in [1.82, 2.24) is 15.5 Å². The molecule has 2 N–H and O–H groups in total. The summed E-state index contributed by atoms with van der Waals surface area (Å²) in [6, 6.07) is 4.63. The van der Waals surface area contributed by atoms with Gasteiger partial charge in [-0.1, -0.05) is 13.0 Å². The number of ether oxygens (including phenoxy) is 1. The van der Waals surface area contributed by atoms with E-state index in [9.17, 15) is 8.42 Å². The first-order chi connectivity index (χ1) is 13.9. The predicted molar refractivity (Wildman–Crippen MR) is 122 cm³/mol. The molecule has 0 amide bonds. The fourth-order valence-electron chi connectivity index (χ4n) is 3.28. The third kappa shape index (κ3) is 9.46. The summed E-state index contributed by atoms with van der Waals surface area (Å²) in [5.41, 5.74) is 0. The molecule has 1 aliphatic heterocycles. The Morgan fingerprint density at radius 3 is 2.72 bits per heavy atom. The number of hydrogen-bond donors (Lipinski definition) is 2. The first-order valence-corrected chi connectivity index (χ1v) is 13.4. The Morgan fingerprint density at radius 1 is 1.34 bits per heavy atom. The van der Waals surface area contributed by atoms with Crippen LogP contribution >= 0.6 is 11.3 Å². The van der Waals surface area contributed by atoms with E-state index in [1.165, 1.54) is 24.0 Å². The molecule has 1 aromatic rings. The van der Waals surface area contributed by atoms with Gasteiger partial charge in [0.1, 0.15) is 9.84 Å². The SMILES string of the molecule is CCNC(=NCC(c1cccs1)N1CCC(C)CC1)NCCOCCS(C)(=O)=O. The van der Waals surface area contributed by atoms with Crippen LogP contribution in [0.2, 0.25) is 0 Å². The maximum Gasteiger partial charge on any atom is 0.191 e. The second-order valence-corrected chi connectivity index (χ2v) is 10.9. The summed E-state index contributed by atoms with van der Waals surface area (Å²) in [6.45, 7) is 9.36. The molecule has 1 unspecified atom stereocenters. The van der Waals surface area contributed by atoms with Gasteiger partial charge in [0.15, 0.2) is 5.96 Å². The predicted octanol–water partition coefficient (Wildman–Crippen LogP) is 2.14. The van der Waals surface area contributed by atoms with Gasteiger partial charge in [0.2, 0.25) is 0 Å². The Kier molecular flexibility index (Phi) is 10.4. The Morgan fingerprint density at radius 2 is 2.10 bits per heavy atom. The van der Waals surface area contributed by atoms with E-state index in [4.69, 9.17) is 9.73 Å². The van der Waals surface area contributed by atoms with Crippen LogP contribution in [-0.2, 0) is 14.6 Å². The Bertz CT molecular complexity index is 699. The molecule has 29 heavy (non-hydrogen) atoms. The van der Waals surface area contributed by atoms with Crippen molar-refractivity contribution in [2.24, 2.45) is 10.9 Å². The summed E-state index contributed by atoms with van der Waals surface area (Å²) in [4.78, 5) is 8.76. The van der Waals surface area contributed by atoms with Crippen LogP contribution in [0.1, 0.15) is 37.6 Å². The van der Waals surface area contributed by atoms with Crippen LogP contribution in [0.25, 0.3) is 0 Å². The van der Waals surface area contributed by atoms with Crippen molar-refractivity contribution in [3.63, 3.8) is 0 Å². The van der Waals surface area contributed by atoms with Crippen molar-refractivity contribution in [1.29, 1.82) is 0 Å². The molecule has 9 heteroatoms. The van der Waals surface area contributed by atoms with Crippen LogP contribution in [0.4, 0.5) is 0 Å². The zero-order valence-corrected chi connectivity index (χ0v) is 19.5. The molecule has 166 valence electrons. The molecule has 1 saturated heterocycles. The van der Waals surface area contributed by atoms with Gasteiger partial charge in [0.05, 0.1) is 31.6 Å². The van der Waals surface area contributed by atoms with E-state index in [2.05, 4.69) is 40.0 Å². The average Bonchev–Trinajstić information content (AvgIpc) is 3.19. The van der Waals surface area contributed by atoms with Crippen LogP contribution in [0, 0.1) is 5.92 Å². The number of guanidine groups is 1. The second-order valence-electron chi connectivity index (χ2n) is 7.64. The third-order valence-corrected chi connectivity index (χ3v) is 6.92. The van der Waals surface area contributed by atoms with E-state index >= 15 is 0 Å². The molecule has 0 radical (unpaired) electrons. The lowest BCUT2D eigenvalue weighted by Crippen LogP contribution is -2.41. The van der Waals surface area contributed by atoms with Gasteiger partial charge >= 0.3 is 0 Å². The normalized spacial score (nSPS) is 18.0. The first kappa shape index (κ1) is 24.1. The molecule has 0 aliphatic carbocycles. The molecule has 1 aliphatic rings. The standard InChI is InChI=1S/C20H36N4O3S2/c1-4-21-20(22-9-12-27-13-15-29(3,25)26)23-16-18(19-6-5-14-28-19)24-10-7-17(2)8-11-24/h5-6,14,17-18H,4,7-13,15-16H2,1-3H3,(H2,21,22,23). The third-order valence-electron chi connectivity index (χ3n) is 5.03. The van der Waals surface area contributed by atoms with Crippen LogP contribution in [-0.4, -0.2) is 77.2 Å². The molecule has 2 rings (SSSR count). The minimum atomic E-state index is -2.98. The van der Waals surface area contributed by atoms with E-state index in [1.807, 2.05) is 6.92 Å². The van der Waals surface area contributed by atoms with Crippen molar-refractivity contribution in [2.45, 2.75) is 32.7 Å². The lowest BCUT2D eigenvalue weighted by Gasteiger charge is -2.35. The van der Waals surface area contributed by atoms with Crippen LogP contribution in [0.15, 0.2) is 22.5 Å². The van der Waals surface area contributed by atoms with E-state index < -0.39 is 9.84 Å². The second kappa shape index (κ2) is 12.5. The molecular formula is C20H36N4O3S2. The number of nitrogens with zero attached hydrogens (tertiary/aromatic N) is 2. The molecule has 0 saturated carbocycles. The zero-order chi connectivity index (χ0) is 21.1. The van der Waals surface area contributed by atoms with E-state index in [0.29, 0.717) is 25.7 Å². The van der Waals surface area contributed by atoms with Crippen molar-refractivity contribution in [3.8, 4) is 0 Å². The number of piperidine rings is 1. The largest absolute Gasteiger partial charge is 0.379 e. The molecule has 0 aromatic carbocycles. The number of thiophene rings is 1. The van der Waals surface area contributed by atoms with Crippen molar-refractivity contribution in [3.05, 3.63) is 22.4 Å². The van der Waals surface area contributed by atoms with Gasteiger partial charge in [-0.2, -0.15) is 0 Å². The number of rotatable bonds is 11. The van der Waals surface area contributed by atoms with Crippen LogP contribution < -0.4 is 10.6 Å². The molecule has 0 bridgehead atoms. The summed E-state index contributed by atoms with van der Waals surface area (Å²) in [7, 11) is -2.98. The van der Waals surface area contributed by atoms with Crippen LogP contribution in [0.3, 0.4) is 0 Å². The van der Waals surface area contributed by atoms with Gasteiger partial charge in [-0.25, -0.2) is 8.42 Å². The lowest BCUT2D eigenvalue weighted by atomic mass is 9.97. The van der Waals surface area contributed by atoms with Gasteiger partial charge in [0, 0.05) is 24.2 Å². The molecule has 7 nitrogen and oxygen atoms in total. The van der Waals surface area contributed by atoms with E-state index in [-0.39, 0.29) is 12.4 Å². The maximum atomic E-state index is 11.1. The van der Waals surface area contributed by atoms with Crippen molar-refractivity contribution >= 4 is 27.1 Å². The maximum absolute atomic E-state index is 11.1. The minimum Gasteiger partial charge on any atom is -0.379 e. The van der Waals surface area contributed by atoms with Gasteiger partial charge < -0.3 is 15.4 Å². The van der Waals surface area contributed by atoms with E-state index in [1.54, 1.807) is 11.3 Å². The van der Waals surface area contributed by atoms with Gasteiger partial charge in [-0.05, 0) is 50.2 Å². The highest BCUT2D eigenvalue weighted by Gasteiger charge is 2.25. The fraction of sp³-hybridized carbons (Fsp3) is 0.750. The van der Waals surface area contributed by atoms with Gasteiger partial charge in [0.25, 0.3) is 0 Å². The summed E-state index contributed by atoms with van der Waals surface area (Å²) >= 11 is 1.80.